The third-order valence-electron chi connectivity index (χ3n) is 2.12. The Kier molecular flexibility index (Phi) is 2.81. The maximum absolute atomic E-state index is 11.2. The Bertz CT molecular complexity index is 476. The number of Topliss-reactive ketones (excluding diaryl/α,β-unsaturated/α-hetero) is 1. The van der Waals surface area contributed by atoms with Crippen LogP contribution in [0.15, 0.2) is 24.4 Å². The molecule has 14 heavy (non-hydrogen) atoms. The van der Waals surface area contributed by atoms with Crippen LogP contribution in [0.3, 0.4) is 0 Å². The van der Waals surface area contributed by atoms with Gasteiger partial charge in [-0.05, 0) is 19.1 Å². The molecule has 74 valence electrons. The van der Waals surface area contributed by atoms with Gasteiger partial charge in [-0.1, -0.05) is 6.07 Å². The molecule has 0 aliphatic heterocycles. The number of nitrogens with two attached hydrogens (primary N) is 1. The fourth-order valence-corrected chi connectivity index (χ4v) is 1.49. The summed E-state index contributed by atoms with van der Waals surface area (Å²) in [5, 5.41) is 0.829. The smallest absolute Gasteiger partial charge is 0.162 e. The van der Waals surface area contributed by atoms with Crippen LogP contribution in [0.4, 0.5) is 5.69 Å². The number of hydrogen-bond acceptors (Lipinski definition) is 2. The average molecular weight is 211 g/mol. The third-order valence-corrected chi connectivity index (χ3v) is 2.12. The minimum Gasteiger partial charge on any atom is -0.398 e. The van der Waals surface area contributed by atoms with Crippen LogP contribution < -0.4 is 5.73 Å². The lowest BCUT2D eigenvalue weighted by atomic mass is 10.1. The van der Waals surface area contributed by atoms with Crippen LogP contribution in [-0.2, 0) is 0 Å². The van der Waals surface area contributed by atoms with E-state index in [0.717, 1.165) is 10.9 Å². The van der Waals surface area contributed by atoms with E-state index in [-0.39, 0.29) is 18.2 Å². The molecule has 1 aromatic heterocycles. The Morgan fingerprint density at radius 3 is 2.79 bits per heavy atom. The first-order chi connectivity index (χ1) is 6.20. The van der Waals surface area contributed by atoms with Crippen molar-refractivity contribution in [2.24, 2.45) is 0 Å². The number of ketones is 1. The lowest BCUT2D eigenvalue weighted by Gasteiger charge is -1.97. The molecule has 2 rings (SSSR count). The van der Waals surface area contributed by atoms with Crippen LogP contribution in [0, 0.1) is 0 Å². The maximum Gasteiger partial charge on any atom is 0.162 e. The van der Waals surface area contributed by atoms with Gasteiger partial charge in [-0.25, -0.2) is 0 Å². The van der Waals surface area contributed by atoms with Crippen LogP contribution >= 0.6 is 12.4 Å². The Hall–Kier alpha value is -1.48. The van der Waals surface area contributed by atoms with Gasteiger partial charge < -0.3 is 10.7 Å². The maximum atomic E-state index is 11.2. The number of anilines is 1. The molecule has 2 aromatic rings. The highest BCUT2D eigenvalue weighted by atomic mass is 35.5. The zero-order chi connectivity index (χ0) is 9.42. The molecule has 0 saturated carbocycles. The SMILES string of the molecule is CC(=O)c1c[nH]c2cccc(N)c12.Cl. The lowest BCUT2D eigenvalue weighted by molar-refractivity contribution is 0.101. The third kappa shape index (κ3) is 1.46. The van der Waals surface area contributed by atoms with Crippen LogP contribution in [0.25, 0.3) is 10.9 Å². The summed E-state index contributed by atoms with van der Waals surface area (Å²) in [7, 11) is 0. The number of H-pyrrole nitrogens is 1. The van der Waals surface area contributed by atoms with Gasteiger partial charge in [-0.3, -0.25) is 4.79 Å². The molecular weight excluding hydrogens is 200 g/mol. The van der Waals surface area contributed by atoms with Crippen molar-refractivity contribution in [2.45, 2.75) is 6.92 Å². The van der Waals surface area contributed by atoms with Crippen molar-refractivity contribution in [3.63, 3.8) is 0 Å². The molecule has 4 heteroatoms. The quantitative estimate of drug-likeness (QED) is 0.561. The molecule has 3 nitrogen and oxygen atoms in total. The predicted molar refractivity (Wildman–Crippen MR) is 60.0 cm³/mol. The zero-order valence-corrected chi connectivity index (χ0v) is 8.52. The van der Waals surface area contributed by atoms with E-state index in [0.29, 0.717) is 11.3 Å². The number of benzene rings is 1. The van der Waals surface area contributed by atoms with E-state index in [1.165, 1.54) is 6.92 Å². The van der Waals surface area contributed by atoms with Gasteiger partial charge in [0.25, 0.3) is 0 Å². The minimum absolute atomic E-state index is 0. The number of nitrogen functional groups attached to an aromatic ring is 1. The number of fused-ring (bicyclic) bond motifs is 1. The van der Waals surface area contributed by atoms with Crippen LogP contribution in [0.5, 0.6) is 0 Å². The normalized spacial score (nSPS) is 9.79. The van der Waals surface area contributed by atoms with Gasteiger partial charge >= 0.3 is 0 Å². The summed E-state index contributed by atoms with van der Waals surface area (Å²) in [5.74, 6) is 0.0316. The molecule has 1 heterocycles. The van der Waals surface area contributed by atoms with Gasteiger partial charge in [0.2, 0.25) is 0 Å². The number of aromatic nitrogens is 1. The summed E-state index contributed by atoms with van der Waals surface area (Å²) >= 11 is 0. The van der Waals surface area contributed by atoms with E-state index in [2.05, 4.69) is 4.98 Å². The van der Waals surface area contributed by atoms with Gasteiger partial charge in [0.15, 0.2) is 5.78 Å². The average Bonchev–Trinajstić information content (AvgIpc) is 2.49. The van der Waals surface area contributed by atoms with Crippen molar-refractivity contribution in [2.75, 3.05) is 5.73 Å². The lowest BCUT2D eigenvalue weighted by Crippen LogP contribution is -1.92. The molecule has 0 radical (unpaired) electrons. The molecule has 0 amide bonds. The van der Waals surface area contributed by atoms with Crippen molar-refractivity contribution >= 4 is 34.8 Å². The van der Waals surface area contributed by atoms with Crippen molar-refractivity contribution in [1.29, 1.82) is 0 Å². The fraction of sp³-hybridized carbons (Fsp3) is 0.100. The van der Waals surface area contributed by atoms with Gasteiger partial charge in [-0.2, -0.15) is 0 Å². The number of nitrogens with one attached hydrogen (secondary N) is 1. The second kappa shape index (κ2) is 3.72. The Morgan fingerprint density at radius 1 is 1.43 bits per heavy atom. The van der Waals surface area contributed by atoms with Crippen LogP contribution in [0.1, 0.15) is 17.3 Å². The Balaban J connectivity index is 0.000000980. The van der Waals surface area contributed by atoms with E-state index in [9.17, 15) is 4.79 Å². The summed E-state index contributed by atoms with van der Waals surface area (Å²) in [6, 6.07) is 5.55. The van der Waals surface area contributed by atoms with E-state index in [1.54, 1.807) is 12.3 Å². The van der Waals surface area contributed by atoms with Crippen molar-refractivity contribution in [3.8, 4) is 0 Å². The molecule has 0 saturated heterocycles. The first kappa shape index (κ1) is 10.6. The van der Waals surface area contributed by atoms with Crippen LogP contribution in [-0.4, -0.2) is 10.8 Å². The molecule has 0 spiro atoms. The molecule has 1 aromatic carbocycles. The van der Waals surface area contributed by atoms with Gasteiger partial charge in [-0.15, -0.1) is 12.4 Å². The summed E-state index contributed by atoms with van der Waals surface area (Å²) in [6.45, 7) is 1.54. The number of aromatic amines is 1. The Morgan fingerprint density at radius 2 is 2.14 bits per heavy atom. The molecule has 0 bridgehead atoms. The number of hydrogen-bond donors (Lipinski definition) is 2. The summed E-state index contributed by atoms with van der Waals surface area (Å²) in [4.78, 5) is 14.2. The topological polar surface area (TPSA) is 58.9 Å². The molecule has 0 unspecified atom stereocenters. The van der Waals surface area contributed by atoms with Gasteiger partial charge in [0.1, 0.15) is 0 Å². The molecular formula is C10H11ClN2O. The summed E-state index contributed by atoms with van der Waals surface area (Å²) in [6.07, 6.45) is 1.70. The van der Waals surface area contributed by atoms with Crippen LogP contribution in [0.2, 0.25) is 0 Å². The van der Waals surface area contributed by atoms with Crippen molar-refractivity contribution < 1.29 is 4.79 Å². The second-order valence-electron chi connectivity index (χ2n) is 3.03. The standard InChI is InChI=1S/C10H10N2O.ClH/c1-6(13)7-5-12-9-4-2-3-8(11)10(7)9;/h2-5,12H,11H2,1H3;1H. The van der Waals surface area contributed by atoms with E-state index in [4.69, 9.17) is 5.73 Å². The number of rotatable bonds is 1. The van der Waals surface area contributed by atoms with E-state index >= 15 is 0 Å². The molecule has 0 atom stereocenters. The monoisotopic (exact) mass is 210 g/mol. The first-order valence-electron chi connectivity index (χ1n) is 4.06. The van der Waals surface area contributed by atoms with E-state index < -0.39 is 0 Å². The van der Waals surface area contributed by atoms with E-state index in [1.807, 2.05) is 12.1 Å². The van der Waals surface area contributed by atoms with Gasteiger partial charge in [0.05, 0.1) is 0 Å². The predicted octanol–water partition coefficient (Wildman–Crippen LogP) is 2.37. The highest BCUT2D eigenvalue weighted by Gasteiger charge is 2.09. The molecule has 0 aliphatic rings. The molecule has 0 aliphatic carbocycles. The van der Waals surface area contributed by atoms with Crippen molar-refractivity contribution in [3.05, 3.63) is 30.0 Å². The zero-order valence-electron chi connectivity index (χ0n) is 7.70. The fourth-order valence-electron chi connectivity index (χ4n) is 1.49. The summed E-state index contributed by atoms with van der Waals surface area (Å²) < 4.78 is 0. The second-order valence-corrected chi connectivity index (χ2v) is 3.03. The molecule has 0 fully saturated rings. The van der Waals surface area contributed by atoms with Crippen molar-refractivity contribution in [1.82, 2.24) is 4.98 Å². The summed E-state index contributed by atoms with van der Waals surface area (Å²) in [5.41, 5.74) is 7.98. The highest BCUT2D eigenvalue weighted by molar-refractivity contribution is 6.10. The highest BCUT2D eigenvalue weighted by Crippen LogP contribution is 2.24. The van der Waals surface area contributed by atoms with Gasteiger partial charge in [0, 0.05) is 28.4 Å². The minimum atomic E-state index is 0. The number of carbonyl (C=O) groups is 1. The largest absolute Gasteiger partial charge is 0.398 e. The number of halogens is 1. The number of carbonyl (C=O) groups excluding carboxylic acids is 1. The Labute approximate surface area is 87.7 Å². The first-order valence-corrected chi connectivity index (χ1v) is 4.06. The molecule has 3 N–H and O–H groups in total.